The van der Waals surface area contributed by atoms with Crippen LogP contribution >= 0.6 is 15.9 Å². The number of aryl methyl sites for hydroxylation is 1. The molecular weight excluding hydrogens is 297 g/mol. The highest BCUT2D eigenvalue weighted by Crippen LogP contribution is 2.30. The Morgan fingerprint density at radius 1 is 1.41 bits per heavy atom. The molecule has 0 saturated carbocycles. The number of alkyl halides is 3. The van der Waals surface area contributed by atoms with Gasteiger partial charge in [0.2, 0.25) is 0 Å². The molecule has 0 N–H and O–H groups in total. The second-order valence-corrected chi connectivity index (χ2v) is 4.90. The maximum absolute atomic E-state index is 12.5. The quantitative estimate of drug-likeness (QED) is 0.841. The van der Waals surface area contributed by atoms with E-state index in [9.17, 15) is 13.2 Å². The van der Waals surface area contributed by atoms with Gasteiger partial charge in [-0.1, -0.05) is 0 Å². The van der Waals surface area contributed by atoms with Gasteiger partial charge in [0.1, 0.15) is 12.4 Å². The average molecular weight is 311 g/mol. The van der Waals surface area contributed by atoms with Crippen LogP contribution in [0.15, 0.2) is 16.7 Å². The van der Waals surface area contributed by atoms with Crippen molar-refractivity contribution in [2.45, 2.75) is 33.0 Å². The fourth-order valence-corrected chi connectivity index (χ4v) is 1.88. The SMILES string of the molecule is Cc1ccnc(N(CC(F)(F)F)C(C)C)c1Br. The highest BCUT2D eigenvalue weighted by Gasteiger charge is 2.33. The Labute approximate surface area is 107 Å². The zero-order chi connectivity index (χ0) is 13.2. The van der Waals surface area contributed by atoms with Crippen LogP contribution in [0.4, 0.5) is 19.0 Å². The Kier molecular flexibility index (Phi) is 4.41. The molecule has 0 fully saturated rings. The molecule has 0 radical (unpaired) electrons. The average Bonchev–Trinajstić information content (AvgIpc) is 2.17. The predicted octanol–water partition coefficient (Wildman–Crippen LogP) is 3.93. The molecule has 0 aromatic carbocycles. The van der Waals surface area contributed by atoms with Gasteiger partial charge < -0.3 is 4.90 Å². The number of hydrogen-bond donors (Lipinski definition) is 0. The van der Waals surface area contributed by atoms with Gasteiger partial charge in [-0.25, -0.2) is 4.98 Å². The molecule has 0 aliphatic carbocycles. The lowest BCUT2D eigenvalue weighted by atomic mass is 10.2. The molecule has 1 aromatic heterocycles. The summed E-state index contributed by atoms with van der Waals surface area (Å²) < 4.78 is 38.1. The predicted molar refractivity (Wildman–Crippen MR) is 65.2 cm³/mol. The molecule has 6 heteroatoms. The summed E-state index contributed by atoms with van der Waals surface area (Å²) in [6.45, 7) is 4.24. The van der Waals surface area contributed by atoms with Gasteiger partial charge in [-0.15, -0.1) is 0 Å². The van der Waals surface area contributed by atoms with Crippen molar-refractivity contribution in [2.24, 2.45) is 0 Å². The number of aromatic nitrogens is 1. The molecule has 0 unspecified atom stereocenters. The first-order valence-electron chi connectivity index (χ1n) is 5.17. The van der Waals surface area contributed by atoms with Gasteiger partial charge in [-0.3, -0.25) is 0 Å². The van der Waals surface area contributed by atoms with Gasteiger partial charge in [0.25, 0.3) is 0 Å². The third kappa shape index (κ3) is 3.87. The van der Waals surface area contributed by atoms with E-state index in [1.807, 2.05) is 6.92 Å². The third-order valence-electron chi connectivity index (χ3n) is 2.31. The second-order valence-electron chi connectivity index (χ2n) is 4.10. The van der Waals surface area contributed by atoms with E-state index in [0.717, 1.165) is 5.56 Å². The summed E-state index contributed by atoms with van der Waals surface area (Å²) in [6.07, 6.45) is -2.73. The highest BCUT2D eigenvalue weighted by molar-refractivity contribution is 9.10. The van der Waals surface area contributed by atoms with Gasteiger partial charge >= 0.3 is 6.18 Å². The Balaban J connectivity index is 3.10. The lowest BCUT2D eigenvalue weighted by Crippen LogP contribution is -2.40. The van der Waals surface area contributed by atoms with E-state index in [1.54, 1.807) is 19.9 Å². The van der Waals surface area contributed by atoms with Crippen LogP contribution in [0.5, 0.6) is 0 Å². The van der Waals surface area contributed by atoms with Crippen molar-refractivity contribution in [1.82, 2.24) is 4.98 Å². The van der Waals surface area contributed by atoms with E-state index in [4.69, 9.17) is 0 Å². The number of halogens is 4. The summed E-state index contributed by atoms with van der Waals surface area (Å²) in [5.74, 6) is 0.331. The summed E-state index contributed by atoms with van der Waals surface area (Å²) in [6, 6.07) is 1.47. The van der Waals surface area contributed by atoms with Crippen LogP contribution in [0.2, 0.25) is 0 Å². The molecule has 0 aliphatic rings. The van der Waals surface area contributed by atoms with Crippen LogP contribution in [-0.2, 0) is 0 Å². The van der Waals surface area contributed by atoms with Gasteiger partial charge in [-0.2, -0.15) is 13.2 Å². The number of nitrogens with zero attached hydrogens (tertiary/aromatic N) is 2. The van der Waals surface area contributed by atoms with E-state index in [0.29, 0.717) is 10.3 Å². The molecule has 17 heavy (non-hydrogen) atoms. The van der Waals surface area contributed by atoms with Crippen molar-refractivity contribution >= 4 is 21.7 Å². The first-order chi connectivity index (χ1) is 7.72. The van der Waals surface area contributed by atoms with Crippen LogP contribution in [0.1, 0.15) is 19.4 Å². The second kappa shape index (κ2) is 5.25. The molecule has 0 saturated heterocycles. The molecule has 0 amide bonds. The van der Waals surface area contributed by atoms with Crippen molar-refractivity contribution < 1.29 is 13.2 Å². The standard InChI is InChI=1S/C11H14BrF3N2/c1-7(2)17(6-11(13,14)15)10-9(12)8(3)4-5-16-10/h4-5,7H,6H2,1-3H3. The Morgan fingerprint density at radius 2 is 2.00 bits per heavy atom. The van der Waals surface area contributed by atoms with Crippen LogP contribution in [0, 0.1) is 6.92 Å². The van der Waals surface area contributed by atoms with Crippen LogP contribution < -0.4 is 4.90 Å². The van der Waals surface area contributed by atoms with Crippen molar-refractivity contribution in [1.29, 1.82) is 0 Å². The van der Waals surface area contributed by atoms with Gasteiger partial charge in [0.15, 0.2) is 0 Å². The smallest absolute Gasteiger partial charge is 0.344 e. The van der Waals surface area contributed by atoms with E-state index in [1.165, 1.54) is 11.1 Å². The molecule has 1 rings (SSSR count). The molecule has 96 valence electrons. The summed E-state index contributed by atoms with van der Waals surface area (Å²) in [7, 11) is 0. The Morgan fingerprint density at radius 3 is 2.47 bits per heavy atom. The summed E-state index contributed by atoms with van der Waals surface area (Å²) in [5.41, 5.74) is 0.864. The van der Waals surface area contributed by atoms with E-state index < -0.39 is 12.7 Å². The van der Waals surface area contributed by atoms with Crippen molar-refractivity contribution in [3.63, 3.8) is 0 Å². The molecule has 0 atom stereocenters. The minimum Gasteiger partial charge on any atom is -0.344 e. The maximum atomic E-state index is 12.5. The number of rotatable bonds is 3. The molecule has 1 aromatic rings. The fourth-order valence-electron chi connectivity index (χ4n) is 1.42. The first-order valence-corrected chi connectivity index (χ1v) is 5.96. The Bertz CT molecular complexity index is 391. The fraction of sp³-hybridized carbons (Fsp3) is 0.545. The first kappa shape index (κ1) is 14.3. The van der Waals surface area contributed by atoms with Crippen molar-refractivity contribution in [3.8, 4) is 0 Å². The molecule has 1 heterocycles. The van der Waals surface area contributed by atoms with Crippen LogP contribution in [0.25, 0.3) is 0 Å². The summed E-state index contributed by atoms with van der Waals surface area (Å²) in [5, 5.41) is 0. The van der Waals surface area contributed by atoms with Gasteiger partial charge in [-0.05, 0) is 48.3 Å². The van der Waals surface area contributed by atoms with E-state index in [-0.39, 0.29) is 6.04 Å². The molecule has 0 bridgehead atoms. The minimum atomic E-state index is -4.24. The van der Waals surface area contributed by atoms with E-state index in [2.05, 4.69) is 20.9 Å². The molecule has 0 spiro atoms. The lowest BCUT2D eigenvalue weighted by Gasteiger charge is -2.29. The highest BCUT2D eigenvalue weighted by atomic mass is 79.9. The third-order valence-corrected chi connectivity index (χ3v) is 3.29. The van der Waals surface area contributed by atoms with Crippen LogP contribution in [0.3, 0.4) is 0 Å². The number of anilines is 1. The zero-order valence-corrected chi connectivity index (χ0v) is 11.4. The maximum Gasteiger partial charge on any atom is 0.405 e. The topological polar surface area (TPSA) is 16.1 Å². The number of pyridine rings is 1. The molecule has 2 nitrogen and oxygen atoms in total. The Hall–Kier alpha value is -0.780. The largest absolute Gasteiger partial charge is 0.405 e. The zero-order valence-electron chi connectivity index (χ0n) is 9.85. The lowest BCUT2D eigenvalue weighted by molar-refractivity contribution is -0.120. The number of hydrogen-bond acceptors (Lipinski definition) is 2. The molecule has 0 aliphatic heterocycles. The van der Waals surface area contributed by atoms with Gasteiger partial charge in [0.05, 0.1) is 4.47 Å². The minimum absolute atomic E-state index is 0.276. The normalized spacial score (nSPS) is 12.0. The summed E-state index contributed by atoms with van der Waals surface area (Å²) in [4.78, 5) is 5.26. The van der Waals surface area contributed by atoms with Crippen LogP contribution in [-0.4, -0.2) is 23.7 Å². The van der Waals surface area contributed by atoms with Crippen molar-refractivity contribution in [3.05, 3.63) is 22.3 Å². The summed E-state index contributed by atoms with van der Waals surface area (Å²) >= 11 is 3.29. The van der Waals surface area contributed by atoms with Crippen molar-refractivity contribution in [2.75, 3.05) is 11.4 Å². The van der Waals surface area contributed by atoms with Gasteiger partial charge in [0, 0.05) is 12.2 Å². The van der Waals surface area contributed by atoms with E-state index >= 15 is 0 Å². The monoisotopic (exact) mass is 310 g/mol. The molecular formula is C11H14BrF3N2.